The topological polar surface area (TPSA) is 0 Å². The predicted octanol–water partition coefficient (Wildman–Crippen LogP) is 3.32. The van der Waals surface area contributed by atoms with Gasteiger partial charge in [0.25, 0.3) is 0 Å². The lowest BCUT2D eigenvalue weighted by molar-refractivity contribution is 1.36. The SMILES string of the molecule is C/C=C\c1cc(S)ccc1C. The molecule has 1 rings (SSSR count). The van der Waals surface area contributed by atoms with Crippen molar-refractivity contribution in [2.24, 2.45) is 0 Å². The van der Waals surface area contributed by atoms with Gasteiger partial charge >= 0.3 is 0 Å². The lowest BCUT2D eigenvalue weighted by atomic mass is 10.1. The van der Waals surface area contributed by atoms with Crippen molar-refractivity contribution >= 4 is 18.7 Å². The molecule has 0 aliphatic heterocycles. The average molecular weight is 164 g/mol. The molecule has 0 bridgehead atoms. The molecule has 1 aromatic rings. The van der Waals surface area contributed by atoms with Crippen molar-refractivity contribution in [2.75, 3.05) is 0 Å². The summed E-state index contributed by atoms with van der Waals surface area (Å²) in [4.78, 5) is 1.02. The predicted molar refractivity (Wildman–Crippen MR) is 53.1 cm³/mol. The van der Waals surface area contributed by atoms with Gasteiger partial charge in [0.2, 0.25) is 0 Å². The molecule has 0 aliphatic rings. The molecule has 1 heteroatoms. The molecule has 0 unspecified atom stereocenters. The third-order valence-corrected chi connectivity index (χ3v) is 1.89. The Morgan fingerprint density at radius 2 is 2.09 bits per heavy atom. The summed E-state index contributed by atoms with van der Waals surface area (Å²) < 4.78 is 0. The summed E-state index contributed by atoms with van der Waals surface area (Å²) in [6.45, 7) is 4.12. The smallest absolute Gasteiger partial charge is 0.00461 e. The van der Waals surface area contributed by atoms with Crippen LogP contribution in [0.25, 0.3) is 6.08 Å². The summed E-state index contributed by atoms with van der Waals surface area (Å²) in [6.07, 6.45) is 4.13. The summed E-state index contributed by atoms with van der Waals surface area (Å²) >= 11 is 4.26. The van der Waals surface area contributed by atoms with Crippen LogP contribution in [0.15, 0.2) is 29.2 Å². The molecule has 11 heavy (non-hydrogen) atoms. The summed E-state index contributed by atoms with van der Waals surface area (Å²) in [7, 11) is 0. The lowest BCUT2D eigenvalue weighted by Crippen LogP contribution is -1.79. The highest BCUT2D eigenvalue weighted by molar-refractivity contribution is 7.80. The fraction of sp³-hybridized carbons (Fsp3) is 0.200. The largest absolute Gasteiger partial charge is 0.143 e. The Morgan fingerprint density at radius 3 is 2.73 bits per heavy atom. The monoisotopic (exact) mass is 164 g/mol. The van der Waals surface area contributed by atoms with Crippen LogP contribution in [0.1, 0.15) is 18.1 Å². The molecule has 0 spiro atoms. The van der Waals surface area contributed by atoms with Crippen LogP contribution >= 0.6 is 12.6 Å². The van der Waals surface area contributed by atoms with Crippen LogP contribution in [0.3, 0.4) is 0 Å². The first kappa shape index (κ1) is 8.41. The molecule has 0 heterocycles. The van der Waals surface area contributed by atoms with Crippen LogP contribution in [-0.2, 0) is 0 Å². The van der Waals surface area contributed by atoms with Crippen molar-refractivity contribution in [2.45, 2.75) is 18.7 Å². The quantitative estimate of drug-likeness (QED) is 0.605. The van der Waals surface area contributed by atoms with E-state index in [0.717, 1.165) is 4.90 Å². The van der Waals surface area contributed by atoms with Gasteiger partial charge in [-0.3, -0.25) is 0 Å². The van der Waals surface area contributed by atoms with E-state index in [-0.39, 0.29) is 0 Å². The number of aryl methyl sites for hydroxylation is 1. The summed E-state index contributed by atoms with van der Waals surface area (Å²) in [5.41, 5.74) is 2.54. The Hall–Kier alpha value is -0.690. The van der Waals surface area contributed by atoms with Crippen molar-refractivity contribution in [1.82, 2.24) is 0 Å². The maximum atomic E-state index is 4.26. The van der Waals surface area contributed by atoms with Crippen LogP contribution < -0.4 is 0 Å². The van der Waals surface area contributed by atoms with Crippen molar-refractivity contribution < 1.29 is 0 Å². The molecule has 0 saturated heterocycles. The third kappa shape index (κ3) is 2.12. The average Bonchev–Trinajstić information content (AvgIpc) is 1.98. The van der Waals surface area contributed by atoms with E-state index in [9.17, 15) is 0 Å². The van der Waals surface area contributed by atoms with E-state index < -0.39 is 0 Å². The van der Waals surface area contributed by atoms with Gasteiger partial charge in [-0.2, -0.15) is 0 Å². The number of hydrogen-bond acceptors (Lipinski definition) is 1. The van der Waals surface area contributed by atoms with Gasteiger partial charge in [0.05, 0.1) is 0 Å². The number of benzene rings is 1. The molecule has 0 atom stereocenters. The van der Waals surface area contributed by atoms with Crippen LogP contribution in [0.5, 0.6) is 0 Å². The third-order valence-electron chi connectivity index (χ3n) is 1.61. The molecular formula is C10H12S. The van der Waals surface area contributed by atoms with Crippen molar-refractivity contribution in [3.05, 3.63) is 35.4 Å². The molecule has 0 radical (unpaired) electrons. The van der Waals surface area contributed by atoms with Crippen molar-refractivity contribution in [1.29, 1.82) is 0 Å². The van der Waals surface area contributed by atoms with Crippen LogP contribution in [0, 0.1) is 6.92 Å². The highest BCUT2D eigenvalue weighted by Gasteiger charge is 1.92. The molecule has 58 valence electrons. The Morgan fingerprint density at radius 1 is 1.36 bits per heavy atom. The van der Waals surface area contributed by atoms with Crippen LogP contribution in [0.2, 0.25) is 0 Å². The number of allylic oxidation sites excluding steroid dienone is 1. The van der Waals surface area contributed by atoms with Gasteiger partial charge in [0, 0.05) is 4.90 Å². The zero-order valence-corrected chi connectivity index (χ0v) is 7.73. The second kappa shape index (κ2) is 3.63. The lowest BCUT2D eigenvalue weighted by Gasteiger charge is -1.99. The first-order chi connectivity index (χ1) is 5.24. The van der Waals surface area contributed by atoms with Crippen LogP contribution in [0.4, 0.5) is 0 Å². The van der Waals surface area contributed by atoms with E-state index in [1.807, 2.05) is 19.1 Å². The fourth-order valence-electron chi connectivity index (χ4n) is 0.987. The highest BCUT2D eigenvalue weighted by atomic mass is 32.1. The second-order valence-corrected chi connectivity index (χ2v) is 3.06. The maximum absolute atomic E-state index is 4.26. The van der Waals surface area contributed by atoms with E-state index in [4.69, 9.17) is 0 Å². The van der Waals surface area contributed by atoms with Gasteiger partial charge in [-0.05, 0) is 37.1 Å². The second-order valence-electron chi connectivity index (χ2n) is 2.54. The Kier molecular flexibility index (Phi) is 2.77. The maximum Gasteiger partial charge on any atom is 0.00461 e. The van der Waals surface area contributed by atoms with Gasteiger partial charge in [0.15, 0.2) is 0 Å². The Bertz CT molecular complexity index is 274. The van der Waals surface area contributed by atoms with E-state index >= 15 is 0 Å². The van der Waals surface area contributed by atoms with Crippen LogP contribution in [-0.4, -0.2) is 0 Å². The molecule has 0 amide bonds. The molecule has 0 aromatic heterocycles. The zero-order chi connectivity index (χ0) is 8.27. The minimum absolute atomic E-state index is 1.02. The number of rotatable bonds is 1. The standard InChI is InChI=1S/C10H12S/c1-3-4-9-7-10(11)6-5-8(9)2/h3-7,11H,1-2H3/b4-3-. The Labute approximate surface area is 73.4 Å². The fourth-order valence-corrected chi connectivity index (χ4v) is 1.20. The van der Waals surface area contributed by atoms with E-state index in [1.165, 1.54) is 11.1 Å². The van der Waals surface area contributed by atoms with E-state index in [0.29, 0.717) is 0 Å². The van der Waals surface area contributed by atoms with Gasteiger partial charge in [-0.15, -0.1) is 12.6 Å². The van der Waals surface area contributed by atoms with Gasteiger partial charge in [-0.1, -0.05) is 18.2 Å². The minimum atomic E-state index is 1.02. The molecule has 0 saturated carbocycles. The zero-order valence-electron chi connectivity index (χ0n) is 6.83. The summed E-state index contributed by atoms with van der Waals surface area (Å²) in [6, 6.07) is 6.15. The molecule has 0 aliphatic carbocycles. The molecule has 0 nitrogen and oxygen atoms in total. The first-order valence-corrected chi connectivity index (χ1v) is 4.11. The summed E-state index contributed by atoms with van der Waals surface area (Å²) in [5, 5.41) is 0. The summed E-state index contributed by atoms with van der Waals surface area (Å²) in [5.74, 6) is 0. The molecular weight excluding hydrogens is 152 g/mol. The van der Waals surface area contributed by atoms with E-state index in [1.54, 1.807) is 0 Å². The highest BCUT2D eigenvalue weighted by Crippen LogP contribution is 2.14. The van der Waals surface area contributed by atoms with Crippen molar-refractivity contribution in [3.63, 3.8) is 0 Å². The molecule has 0 N–H and O–H groups in total. The van der Waals surface area contributed by atoms with Gasteiger partial charge < -0.3 is 0 Å². The number of hydrogen-bond donors (Lipinski definition) is 1. The normalized spacial score (nSPS) is 10.8. The van der Waals surface area contributed by atoms with Gasteiger partial charge in [0.1, 0.15) is 0 Å². The minimum Gasteiger partial charge on any atom is -0.143 e. The van der Waals surface area contributed by atoms with Gasteiger partial charge in [-0.25, -0.2) is 0 Å². The Balaban J connectivity index is 3.12. The first-order valence-electron chi connectivity index (χ1n) is 3.66. The molecule has 1 aromatic carbocycles. The van der Waals surface area contributed by atoms with Crippen molar-refractivity contribution in [3.8, 4) is 0 Å². The molecule has 0 fully saturated rings. The number of thiol groups is 1. The van der Waals surface area contributed by atoms with E-state index in [2.05, 4.69) is 37.8 Å².